The average molecular weight is 698 g/mol. The van der Waals surface area contributed by atoms with E-state index in [2.05, 4.69) is 18.5 Å². The minimum Gasteiger partial charge on any atom is -0.463 e. The van der Waals surface area contributed by atoms with Gasteiger partial charge in [0, 0.05) is 19.0 Å². The van der Waals surface area contributed by atoms with Gasteiger partial charge in [-0.05, 0) is 49.7 Å². The standard InChI is InChI=1S/C41H51N3O7/c1-3-5-21-34(46)50-27-32(29-17-11-7-12-18-29)42-38(47)35-33-22-23-41(51-33)36(35)39(48)44(31(26-45)25-28-15-9-6-10-16-28)37(41)40(49)43(24-4-2)30-19-13-8-14-20-30/h3-4,6-7,9-12,15-18,30-33,35-37,45H,1-2,5,8,13-14,19-27H2,(H,42,47)/t31-,32+,33+,35-,36-,37+,41-/m1/s1. The van der Waals surface area contributed by atoms with Crippen molar-refractivity contribution in [2.45, 2.75) is 100 Å². The molecule has 3 heterocycles. The van der Waals surface area contributed by atoms with Gasteiger partial charge in [0.25, 0.3) is 0 Å². The van der Waals surface area contributed by atoms with E-state index < -0.39 is 47.6 Å². The first kappa shape index (κ1) is 36.5. The van der Waals surface area contributed by atoms with Crippen molar-refractivity contribution >= 4 is 23.7 Å². The fourth-order valence-electron chi connectivity index (χ4n) is 8.95. The minimum atomic E-state index is -1.22. The molecule has 2 bridgehead atoms. The SMILES string of the molecule is C=CCCC(=O)OC[C@H](NC(=O)[C@@H]1[C@@H]2CC[C@]3(O2)[C@H](C(=O)N(CC=C)C2CCCCC2)N([C@@H](CO)Cc2ccccc2)C(=O)[C@@H]13)c1ccccc1. The van der Waals surface area contributed by atoms with Gasteiger partial charge in [0.2, 0.25) is 17.7 Å². The van der Waals surface area contributed by atoms with Gasteiger partial charge in [0.1, 0.15) is 18.2 Å². The van der Waals surface area contributed by atoms with Gasteiger partial charge in [-0.1, -0.05) is 92.1 Å². The van der Waals surface area contributed by atoms with Crippen LogP contribution in [0.25, 0.3) is 0 Å². The summed E-state index contributed by atoms with van der Waals surface area (Å²) in [5, 5.41) is 14.0. The number of carbonyl (C=O) groups is 4. The van der Waals surface area contributed by atoms with Crippen LogP contribution < -0.4 is 5.32 Å². The molecule has 51 heavy (non-hydrogen) atoms. The van der Waals surface area contributed by atoms with Crippen molar-refractivity contribution in [3.8, 4) is 0 Å². The summed E-state index contributed by atoms with van der Waals surface area (Å²) < 4.78 is 12.3. The summed E-state index contributed by atoms with van der Waals surface area (Å²) >= 11 is 0. The molecule has 1 spiro atoms. The number of hydrogen-bond acceptors (Lipinski definition) is 7. The Labute approximate surface area is 300 Å². The quantitative estimate of drug-likeness (QED) is 0.193. The second-order valence-corrected chi connectivity index (χ2v) is 14.4. The van der Waals surface area contributed by atoms with Crippen LogP contribution in [-0.2, 0) is 35.1 Å². The summed E-state index contributed by atoms with van der Waals surface area (Å²) in [6.07, 6.45) is 9.69. The number of nitrogens with one attached hydrogen (secondary N) is 1. The maximum atomic E-state index is 15.0. The van der Waals surface area contributed by atoms with Crippen LogP contribution in [-0.4, -0.2) is 88.2 Å². The third-order valence-electron chi connectivity index (χ3n) is 11.3. The lowest BCUT2D eigenvalue weighted by atomic mass is 9.70. The van der Waals surface area contributed by atoms with Gasteiger partial charge >= 0.3 is 5.97 Å². The number of aliphatic hydroxyl groups is 1. The van der Waals surface area contributed by atoms with Crippen LogP contribution >= 0.6 is 0 Å². The molecular formula is C41H51N3O7. The molecule has 0 unspecified atom stereocenters. The monoisotopic (exact) mass is 697 g/mol. The number of ether oxygens (including phenoxy) is 2. The zero-order chi connectivity index (χ0) is 36.0. The van der Waals surface area contributed by atoms with E-state index in [0.29, 0.717) is 32.2 Å². The number of amides is 3. The Morgan fingerprint density at radius 1 is 1.02 bits per heavy atom. The molecule has 2 aromatic carbocycles. The van der Waals surface area contributed by atoms with Gasteiger partial charge < -0.3 is 29.7 Å². The highest BCUT2D eigenvalue weighted by Gasteiger charge is 2.75. The van der Waals surface area contributed by atoms with E-state index in [-0.39, 0.29) is 43.4 Å². The first-order valence-electron chi connectivity index (χ1n) is 18.5. The number of rotatable bonds is 16. The Balaban J connectivity index is 1.33. The summed E-state index contributed by atoms with van der Waals surface area (Å²) in [4.78, 5) is 60.2. The van der Waals surface area contributed by atoms with Gasteiger partial charge in [0.05, 0.1) is 36.6 Å². The molecule has 3 aliphatic heterocycles. The molecule has 0 radical (unpaired) electrons. The Kier molecular flexibility index (Phi) is 11.7. The largest absolute Gasteiger partial charge is 0.463 e. The zero-order valence-corrected chi connectivity index (χ0v) is 29.4. The molecule has 7 atom stereocenters. The molecule has 4 fully saturated rings. The number of benzene rings is 2. The summed E-state index contributed by atoms with van der Waals surface area (Å²) in [6, 6.07) is 16.5. The highest BCUT2D eigenvalue weighted by molar-refractivity contribution is 5.99. The molecule has 10 nitrogen and oxygen atoms in total. The number of nitrogens with zero attached hydrogens (tertiary/aromatic N) is 2. The summed E-state index contributed by atoms with van der Waals surface area (Å²) in [6.45, 7) is 7.51. The predicted molar refractivity (Wildman–Crippen MR) is 192 cm³/mol. The second kappa shape index (κ2) is 16.4. The topological polar surface area (TPSA) is 125 Å². The number of esters is 1. The molecule has 6 rings (SSSR count). The molecule has 2 aromatic rings. The van der Waals surface area contributed by atoms with Gasteiger partial charge in [0.15, 0.2) is 0 Å². The van der Waals surface area contributed by atoms with Crippen molar-refractivity contribution in [1.29, 1.82) is 0 Å². The molecule has 1 aliphatic carbocycles. The fourth-order valence-corrected chi connectivity index (χ4v) is 8.95. The number of fused-ring (bicyclic) bond motifs is 1. The highest BCUT2D eigenvalue weighted by Crippen LogP contribution is 2.59. The normalized spacial score (nSPS) is 26.6. The van der Waals surface area contributed by atoms with E-state index in [0.717, 1.165) is 43.2 Å². The van der Waals surface area contributed by atoms with Crippen molar-refractivity contribution in [2.75, 3.05) is 19.8 Å². The Hall–Kier alpha value is -4.28. The first-order chi connectivity index (χ1) is 24.8. The van der Waals surface area contributed by atoms with Crippen LogP contribution in [0.1, 0.15) is 75.0 Å². The van der Waals surface area contributed by atoms with Gasteiger partial charge in [-0.25, -0.2) is 0 Å². The molecule has 4 aliphatic rings. The molecule has 3 saturated heterocycles. The average Bonchev–Trinajstić information content (AvgIpc) is 3.81. The van der Waals surface area contributed by atoms with Crippen molar-refractivity contribution in [1.82, 2.24) is 15.1 Å². The van der Waals surface area contributed by atoms with Gasteiger partial charge in [-0.3, -0.25) is 19.2 Å². The second-order valence-electron chi connectivity index (χ2n) is 14.4. The van der Waals surface area contributed by atoms with Gasteiger partial charge in [-0.15, -0.1) is 13.2 Å². The molecule has 272 valence electrons. The smallest absolute Gasteiger partial charge is 0.306 e. The lowest BCUT2D eigenvalue weighted by Gasteiger charge is -2.42. The maximum Gasteiger partial charge on any atom is 0.306 e. The highest BCUT2D eigenvalue weighted by atomic mass is 16.5. The van der Waals surface area contributed by atoms with E-state index in [9.17, 15) is 19.5 Å². The molecular weight excluding hydrogens is 646 g/mol. The van der Waals surface area contributed by atoms with Crippen LogP contribution in [0.5, 0.6) is 0 Å². The van der Waals surface area contributed by atoms with Crippen molar-refractivity contribution in [3.63, 3.8) is 0 Å². The molecule has 10 heteroatoms. The number of hydrogen-bond donors (Lipinski definition) is 2. The Morgan fingerprint density at radius 2 is 1.73 bits per heavy atom. The fraction of sp³-hybridized carbons (Fsp3) is 0.512. The molecule has 2 N–H and O–H groups in total. The third kappa shape index (κ3) is 7.39. The van der Waals surface area contributed by atoms with E-state index in [1.54, 1.807) is 17.1 Å². The minimum absolute atomic E-state index is 0.0110. The van der Waals surface area contributed by atoms with Crippen molar-refractivity contribution in [2.24, 2.45) is 11.8 Å². The summed E-state index contributed by atoms with van der Waals surface area (Å²) in [5.74, 6) is -3.13. The van der Waals surface area contributed by atoms with E-state index in [4.69, 9.17) is 9.47 Å². The summed E-state index contributed by atoms with van der Waals surface area (Å²) in [7, 11) is 0. The maximum absolute atomic E-state index is 15.0. The van der Waals surface area contributed by atoms with Crippen LogP contribution in [0.2, 0.25) is 0 Å². The van der Waals surface area contributed by atoms with Gasteiger partial charge in [-0.2, -0.15) is 0 Å². The Morgan fingerprint density at radius 3 is 2.39 bits per heavy atom. The number of carbonyl (C=O) groups excluding carboxylic acids is 4. The van der Waals surface area contributed by atoms with Crippen LogP contribution in [0.3, 0.4) is 0 Å². The van der Waals surface area contributed by atoms with E-state index in [1.807, 2.05) is 65.6 Å². The Bertz CT molecular complexity index is 1560. The lowest BCUT2D eigenvalue weighted by molar-refractivity contribution is -0.153. The number of aliphatic hydroxyl groups excluding tert-OH is 1. The van der Waals surface area contributed by atoms with Crippen LogP contribution in [0, 0.1) is 11.8 Å². The predicted octanol–water partition coefficient (Wildman–Crippen LogP) is 4.68. The van der Waals surface area contributed by atoms with Crippen molar-refractivity contribution < 1.29 is 33.8 Å². The van der Waals surface area contributed by atoms with Crippen LogP contribution in [0.15, 0.2) is 86.0 Å². The lowest BCUT2D eigenvalue weighted by Crippen LogP contribution is -2.60. The number of likely N-dealkylation sites (tertiary alicyclic amines) is 1. The molecule has 0 aromatic heterocycles. The first-order valence-corrected chi connectivity index (χ1v) is 18.5. The van der Waals surface area contributed by atoms with Crippen LogP contribution in [0.4, 0.5) is 0 Å². The molecule has 3 amide bonds. The van der Waals surface area contributed by atoms with E-state index >= 15 is 4.79 Å². The summed E-state index contributed by atoms with van der Waals surface area (Å²) in [5.41, 5.74) is 0.454. The molecule has 1 saturated carbocycles. The number of allylic oxidation sites excluding steroid dienone is 1. The van der Waals surface area contributed by atoms with Crippen molar-refractivity contribution in [3.05, 3.63) is 97.1 Å². The van der Waals surface area contributed by atoms with E-state index in [1.165, 1.54) is 0 Å². The third-order valence-corrected chi connectivity index (χ3v) is 11.3. The zero-order valence-electron chi connectivity index (χ0n) is 29.4.